The van der Waals surface area contributed by atoms with E-state index in [1.165, 1.54) is 0 Å². The number of aromatic hydroxyl groups is 1. The summed E-state index contributed by atoms with van der Waals surface area (Å²) in [5.74, 6) is 0.118. The topological polar surface area (TPSA) is 223 Å². The summed E-state index contributed by atoms with van der Waals surface area (Å²) in [4.78, 5) is 12.8. The maximum atomic E-state index is 13.0. The van der Waals surface area contributed by atoms with Crippen LogP contribution < -0.4 is 0 Å². The number of rotatable bonds is 9. The van der Waals surface area contributed by atoms with Gasteiger partial charge in [-0.05, 0) is 113 Å². The van der Waals surface area contributed by atoms with Crippen molar-refractivity contribution in [1.29, 1.82) is 0 Å². The highest BCUT2D eigenvalue weighted by Gasteiger charge is 2.72. The van der Waals surface area contributed by atoms with Gasteiger partial charge in [-0.3, -0.25) is 4.79 Å². The number of hydrogen-bond acceptors (Lipinski definition) is 15. The van der Waals surface area contributed by atoms with Gasteiger partial charge in [0.1, 0.15) is 30.2 Å². The van der Waals surface area contributed by atoms with E-state index < -0.39 is 97.0 Å². The third kappa shape index (κ3) is 8.19. The highest BCUT2D eigenvalue weighted by molar-refractivity contribution is 5.72. The molecule has 4 saturated heterocycles. The Morgan fingerprint density at radius 3 is 1.95 bits per heavy atom. The van der Waals surface area contributed by atoms with Gasteiger partial charge >= 0.3 is 5.97 Å². The Balaban J connectivity index is 0.787. The minimum absolute atomic E-state index is 0.0215. The van der Waals surface area contributed by atoms with Gasteiger partial charge in [0.15, 0.2) is 18.9 Å². The average molecular weight is 889 g/mol. The van der Waals surface area contributed by atoms with Crippen LogP contribution in [-0.2, 0) is 44.4 Å². The molecule has 8 fully saturated rings. The molecule has 15 heteroatoms. The summed E-state index contributed by atoms with van der Waals surface area (Å²) in [6.07, 6.45) is -3.41. The fourth-order valence-corrected chi connectivity index (χ4v) is 14.4. The molecule has 5 unspecified atom stereocenters. The highest BCUT2D eigenvalue weighted by atomic mass is 16.7. The molecular formula is C48H72O15. The van der Waals surface area contributed by atoms with Gasteiger partial charge < -0.3 is 68.9 Å². The molecule has 0 bridgehead atoms. The molecule has 15 nitrogen and oxygen atoms in total. The number of para-hydroxylation sites is 1. The summed E-state index contributed by atoms with van der Waals surface area (Å²) < 4.78 is 42.9. The maximum Gasteiger partial charge on any atom is 0.306 e. The van der Waals surface area contributed by atoms with Crippen LogP contribution in [0.2, 0.25) is 0 Å². The Bertz CT molecular complexity index is 1750. The zero-order valence-corrected chi connectivity index (χ0v) is 37.4. The van der Waals surface area contributed by atoms with Crippen LogP contribution in [-0.4, -0.2) is 139 Å². The van der Waals surface area contributed by atoms with E-state index in [1.54, 1.807) is 26.0 Å². The van der Waals surface area contributed by atoms with Gasteiger partial charge in [0.05, 0.1) is 60.9 Å². The molecule has 63 heavy (non-hydrogen) atoms. The molecule has 7 N–H and O–H groups in total. The summed E-state index contributed by atoms with van der Waals surface area (Å²) in [5, 5.41) is 78.4. The van der Waals surface area contributed by atoms with E-state index in [9.17, 15) is 40.5 Å². The zero-order valence-electron chi connectivity index (χ0n) is 37.4. The minimum Gasteiger partial charge on any atom is -0.508 e. The number of carbonyl (C=O) groups is 1. The van der Waals surface area contributed by atoms with E-state index in [0.29, 0.717) is 31.6 Å². The van der Waals surface area contributed by atoms with E-state index in [4.69, 9.17) is 33.2 Å². The van der Waals surface area contributed by atoms with Crippen LogP contribution in [0.25, 0.3) is 0 Å². The molecule has 4 aliphatic carbocycles. The van der Waals surface area contributed by atoms with Gasteiger partial charge in [0, 0.05) is 37.0 Å². The van der Waals surface area contributed by atoms with Crippen LogP contribution in [0.3, 0.4) is 0 Å². The molecule has 354 valence electrons. The predicted octanol–water partition coefficient (Wildman–Crippen LogP) is 3.61. The van der Waals surface area contributed by atoms with Gasteiger partial charge in [-0.25, -0.2) is 0 Å². The number of aliphatic hydroxyl groups is 6. The van der Waals surface area contributed by atoms with E-state index in [1.807, 2.05) is 19.1 Å². The van der Waals surface area contributed by atoms with E-state index in [2.05, 4.69) is 13.8 Å². The number of fused-ring (bicyclic) bond motifs is 5. The molecule has 0 radical (unpaired) electrons. The first-order valence-corrected chi connectivity index (χ1v) is 23.9. The Labute approximate surface area is 370 Å². The minimum atomic E-state index is -1.08. The van der Waals surface area contributed by atoms with Gasteiger partial charge in [-0.15, -0.1) is 0 Å². The maximum absolute atomic E-state index is 13.0. The highest BCUT2D eigenvalue weighted by Crippen LogP contribution is 2.70. The molecule has 9 rings (SSSR count). The smallest absolute Gasteiger partial charge is 0.306 e. The SMILES string of the molecule is C[C@H]1OC(O[C@H]2[C@@H](O)CC(O[C@H]3[C@@H](O)CC(O[C@H]4CC[C@@]5(C)[C@H](CC[C@@H]6[C@@H]5C[C@@H](O)[C@]5(C)[C@@H](C7CC(=O)OC7Cc7ccccc7O)CC[C@]65O)C4)O[C@@H]3C)O[C@@H]2C)C[C@H](O)[C@@H]1O. The normalized spacial score (nSPS) is 52.4. The average Bonchev–Trinajstić information content (AvgIpc) is 3.73. The number of esters is 1. The third-order valence-electron chi connectivity index (χ3n) is 18.0. The van der Waals surface area contributed by atoms with E-state index in [-0.39, 0.29) is 72.6 Å². The molecular weight excluding hydrogens is 817 g/mol. The van der Waals surface area contributed by atoms with E-state index >= 15 is 0 Å². The molecule has 4 saturated carbocycles. The lowest BCUT2D eigenvalue weighted by Crippen LogP contribution is -2.67. The largest absolute Gasteiger partial charge is 0.508 e. The number of hydrogen-bond donors (Lipinski definition) is 7. The van der Waals surface area contributed by atoms with Crippen molar-refractivity contribution in [2.24, 2.45) is 40.4 Å². The van der Waals surface area contributed by atoms with Crippen LogP contribution in [0.15, 0.2) is 24.3 Å². The lowest BCUT2D eigenvalue weighted by atomic mass is 9.42. The monoisotopic (exact) mass is 888 g/mol. The zero-order chi connectivity index (χ0) is 44.7. The molecule has 8 aliphatic rings. The number of phenolic OH excluding ortho intramolecular Hbond substituents is 1. The summed E-state index contributed by atoms with van der Waals surface area (Å²) in [5.41, 5.74) is -1.26. The second-order valence-electron chi connectivity index (χ2n) is 21.3. The molecule has 4 aliphatic heterocycles. The van der Waals surface area contributed by atoms with Crippen molar-refractivity contribution >= 4 is 5.97 Å². The van der Waals surface area contributed by atoms with Crippen molar-refractivity contribution < 1.29 is 73.7 Å². The molecule has 0 aromatic heterocycles. The molecule has 0 amide bonds. The van der Waals surface area contributed by atoms with Crippen molar-refractivity contribution in [1.82, 2.24) is 0 Å². The summed E-state index contributed by atoms with van der Waals surface area (Å²) in [6.45, 7) is 9.67. The quantitative estimate of drug-likeness (QED) is 0.139. The second-order valence-corrected chi connectivity index (χ2v) is 21.3. The summed E-state index contributed by atoms with van der Waals surface area (Å²) in [6, 6.07) is 7.14. The summed E-state index contributed by atoms with van der Waals surface area (Å²) in [7, 11) is 0. The van der Waals surface area contributed by atoms with Crippen molar-refractivity contribution in [2.45, 2.75) is 216 Å². The van der Waals surface area contributed by atoms with Crippen molar-refractivity contribution in [2.75, 3.05) is 0 Å². The number of carbonyl (C=O) groups excluding carboxylic acids is 1. The van der Waals surface area contributed by atoms with E-state index in [0.717, 1.165) is 37.7 Å². The number of benzene rings is 1. The Kier molecular flexibility index (Phi) is 12.9. The van der Waals surface area contributed by atoms with Crippen molar-refractivity contribution in [3.8, 4) is 5.75 Å². The van der Waals surface area contributed by atoms with Crippen LogP contribution in [0.5, 0.6) is 5.75 Å². The van der Waals surface area contributed by atoms with Crippen molar-refractivity contribution in [3.63, 3.8) is 0 Å². The lowest BCUT2D eigenvalue weighted by Gasteiger charge is -2.65. The fraction of sp³-hybridized carbons (Fsp3) is 0.854. The van der Waals surface area contributed by atoms with Gasteiger partial charge in [-0.2, -0.15) is 0 Å². The van der Waals surface area contributed by atoms with Crippen LogP contribution in [0.1, 0.15) is 117 Å². The first-order valence-electron chi connectivity index (χ1n) is 23.9. The fourth-order valence-electron chi connectivity index (χ4n) is 14.4. The standard InChI is InChI=1S/C48H72O15/c1-23-43(55)34(50)20-41(57-23)62-45-25(3)59-42(22-36(45)52)63-44-24(2)58-40(21-35(44)51)60-28-12-14-46(4)27(17-28)10-11-31-32(46)19-38(53)47(5)30(13-15-48(31,47)56)29-18-39(54)61-37(29)16-26-8-6-7-9-33(26)49/h6-9,23-25,27-32,34-38,40-45,49-53,55-56H,10-22H2,1-5H3/t23-,24-,25-,27-,28+,29?,30-,31-,32+,34+,35+,36+,37?,38-,40?,41?,42?,43-,44-,45-,46+,47+,48+/m1/s1. The number of aliphatic hydroxyl groups excluding tert-OH is 5. The van der Waals surface area contributed by atoms with Crippen molar-refractivity contribution in [3.05, 3.63) is 29.8 Å². The van der Waals surface area contributed by atoms with Gasteiger partial charge in [-0.1, -0.05) is 32.0 Å². The summed E-state index contributed by atoms with van der Waals surface area (Å²) >= 11 is 0. The number of ether oxygens (including phenoxy) is 7. The lowest BCUT2D eigenvalue weighted by molar-refractivity contribution is -0.336. The first-order chi connectivity index (χ1) is 29.9. The Morgan fingerprint density at radius 2 is 1.32 bits per heavy atom. The van der Waals surface area contributed by atoms with Crippen LogP contribution in [0.4, 0.5) is 0 Å². The Morgan fingerprint density at radius 1 is 0.698 bits per heavy atom. The van der Waals surface area contributed by atoms with Crippen LogP contribution in [0, 0.1) is 40.4 Å². The Hall–Kier alpha value is -1.99. The van der Waals surface area contributed by atoms with Gasteiger partial charge in [0.2, 0.25) is 0 Å². The van der Waals surface area contributed by atoms with Gasteiger partial charge in [0.25, 0.3) is 0 Å². The molecule has 23 atom stereocenters. The second kappa shape index (κ2) is 17.6. The molecule has 1 aromatic rings. The number of phenols is 1. The molecule has 0 spiro atoms. The molecule has 4 heterocycles. The first kappa shape index (κ1) is 46.1. The number of cyclic esters (lactones) is 1. The predicted molar refractivity (Wildman–Crippen MR) is 223 cm³/mol. The molecule has 1 aromatic carbocycles. The van der Waals surface area contributed by atoms with Crippen LogP contribution >= 0.6 is 0 Å². The third-order valence-corrected chi connectivity index (χ3v) is 18.0.